The molecule has 1 atom stereocenters. The Hall–Kier alpha value is -3.12. The summed E-state index contributed by atoms with van der Waals surface area (Å²) in [5, 5.41) is 0.488. The molecule has 6 nitrogen and oxygen atoms in total. The number of likely N-dealkylation sites (N-methyl/N-ethyl adjacent to an activating group) is 1. The minimum atomic E-state index is -0.501. The monoisotopic (exact) mass is 406 g/mol. The zero-order valence-corrected chi connectivity index (χ0v) is 17.6. The van der Waals surface area contributed by atoms with Crippen LogP contribution < -0.4 is 10.2 Å². The van der Waals surface area contributed by atoms with Gasteiger partial charge in [0.05, 0.1) is 23.6 Å². The van der Waals surface area contributed by atoms with E-state index in [0.717, 1.165) is 17.7 Å². The van der Waals surface area contributed by atoms with Gasteiger partial charge in [0.25, 0.3) is 5.91 Å². The molecule has 2 heterocycles. The Morgan fingerprint density at radius 3 is 2.67 bits per heavy atom. The molecule has 1 aliphatic rings. The molecule has 0 N–H and O–H groups in total. The van der Waals surface area contributed by atoms with Gasteiger partial charge >= 0.3 is 0 Å². The van der Waals surface area contributed by atoms with Crippen LogP contribution in [0.1, 0.15) is 41.1 Å². The van der Waals surface area contributed by atoms with E-state index in [9.17, 15) is 9.59 Å². The highest BCUT2D eigenvalue weighted by molar-refractivity contribution is 5.99. The maximum Gasteiger partial charge on any atom is 0.290 e. The van der Waals surface area contributed by atoms with Gasteiger partial charge in [0, 0.05) is 13.1 Å². The van der Waals surface area contributed by atoms with Crippen molar-refractivity contribution in [2.45, 2.75) is 19.4 Å². The molecule has 0 unspecified atom stereocenters. The lowest BCUT2D eigenvalue weighted by Crippen LogP contribution is -2.35. The summed E-state index contributed by atoms with van der Waals surface area (Å²) in [6.07, 6.45) is 0.902. The van der Waals surface area contributed by atoms with Crippen molar-refractivity contribution in [3.05, 3.63) is 75.6 Å². The molecule has 0 saturated carbocycles. The van der Waals surface area contributed by atoms with Crippen LogP contribution in [0.4, 0.5) is 0 Å². The third-order valence-corrected chi connectivity index (χ3v) is 5.31. The molecule has 1 aliphatic heterocycles. The van der Waals surface area contributed by atoms with Crippen molar-refractivity contribution in [2.75, 3.05) is 33.8 Å². The molecular formula is C24H26N2O4. The molecule has 0 aliphatic carbocycles. The van der Waals surface area contributed by atoms with Gasteiger partial charge in [-0.3, -0.25) is 9.59 Å². The molecular weight excluding hydrogens is 380 g/mol. The van der Waals surface area contributed by atoms with Gasteiger partial charge < -0.3 is 19.0 Å². The number of para-hydroxylation sites is 1. The molecule has 1 amide bonds. The van der Waals surface area contributed by atoms with Crippen molar-refractivity contribution in [1.82, 2.24) is 9.80 Å². The van der Waals surface area contributed by atoms with E-state index in [0.29, 0.717) is 36.2 Å². The van der Waals surface area contributed by atoms with Crippen LogP contribution in [-0.2, 0) is 0 Å². The summed E-state index contributed by atoms with van der Waals surface area (Å²) < 4.78 is 11.7. The van der Waals surface area contributed by atoms with E-state index in [4.69, 9.17) is 9.15 Å². The van der Waals surface area contributed by atoms with E-state index < -0.39 is 6.04 Å². The number of hydrogen-bond donors (Lipinski definition) is 0. The van der Waals surface area contributed by atoms with Crippen LogP contribution >= 0.6 is 0 Å². The van der Waals surface area contributed by atoms with E-state index in [1.165, 1.54) is 0 Å². The predicted molar refractivity (Wildman–Crippen MR) is 116 cm³/mol. The van der Waals surface area contributed by atoms with Crippen LogP contribution in [-0.4, -0.2) is 49.5 Å². The van der Waals surface area contributed by atoms with Crippen LogP contribution in [0.5, 0.6) is 5.75 Å². The summed E-state index contributed by atoms with van der Waals surface area (Å²) in [7, 11) is 3.92. The number of nitrogens with zero attached hydrogens (tertiary/aromatic N) is 2. The molecule has 1 aromatic heterocycles. The molecule has 30 heavy (non-hydrogen) atoms. The molecule has 0 radical (unpaired) electrons. The Morgan fingerprint density at radius 2 is 1.90 bits per heavy atom. The van der Waals surface area contributed by atoms with Gasteiger partial charge in [0.1, 0.15) is 11.3 Å². The SMILES string of the molecule is CCCOc1cccc([C@@H]2c3c(oc4ccccc4c3=O)C(=O)N2CCN(C)C)c1. The van der Waals surface area contributed by atoms with Gasteiger partial charge in [-0.1, -0.05) is 31.2 Å². The van der Waals surface area contributed by atoms with Gasteiger partial charge in [0.2, 0.25) is 5.76 Å². The van der Waals surface area contributed by atoms with Crippen LogP contribution in [0, 0.1) is 0 Å². The van der Waals surface area contributed by atoms with Crippen molar-refractivity contribution < 1.29 is 13.9 Å². The van der Waals surface area contributed by atoms with Gasteiger partial charge in [0.15, 0.2) is 5.43 Å². The fourth-order valence-electron chi connectivity index (χ4n) is 3.85. The van der Waals surface area contributed by atoms with E-state index >= 15 is 0 Å². The zero-order valence-electron chi connectivity index (χ0n) is 17.6. The second kappa shape index (κ2) is 8.32. The number of amides is 1. The Kier molecular flexibility index (Phi) is 5.59. The summed E-state index contributed by atoms with van der Waals surface area (Å²) >= 11 is 0. The van der Waals surface area contributed by atoms with Crippen molar-refractivity contribution in [1.29, 1.82) is 0 Å². The Bertz CT molecular complexity index is 1140. The Balaban J connectivity index is 1.87. The third kappa shape index (κ3) is 3.59. The average molecular weight is 406 g/mol. The highest BCUT2D eigenvalue weighted by Crippen LogP contribution is 2.38. The molecule has 156 valence electrons. The first-order valence-electron chi connectivity index (χ1n) is 10.3. The van der Waals surface area contributed by atoms with Crippen molar-refractivity contribution in [2.24, 2.45) is 0 Å². The first-order valence-corrected chi connectivity index (χ1v) is 10.3. The largest absolute Gasteiger partial charge is 0.494 e. The third-order valence-electron chi connectivity index (χ3n) is 5.31. The number of fused-ring (bicyclic) bond motifs is 2. The standard InChI is InChI=1S/C24H26N2O4/c1-4-14-29-17-9-7-8-16(15-17)21-20-22(27)18-10-5-6-11-19(18)30-23(20)24(28)26(21)13-12-25(2)3/h5-11,15,21H,4,12-14H2,1-3H3/t21-/m1/s1. The normalized spacial score (nSPS) is 15.8. The number of ether oxygens (including phenoxy) is 1. The van der Waals surface area contributed by atoms with Gasteiger partial charge in [-0.05, 0) is 50.3 Å². The molecule has 0 fully saturated rings. The highest BCUT2D eigenvalue weighted by atomic mass is 16.5. The van der Waals surface area contributed by atoms with E-state index in [1.807, 2.05) is 43.3 Å². The summed E-state index contributed by atoms with van der Waals surface area (Å²) in [6, 6.07) is 14.2. The smallest absolute Gasteiger partial charge is 0.290 e. The maximum atomic E-state index is 13.4. The average Bonchev–Trinajstić information content (AvgIpc) is 3.03. The van der Waals surface area contributed by atoms with Crippen LogP contribution in [0.15, 0.2) is 57.7 Å². The van der Waals surface area contributed by atoms with Gasteiger partial charge in [-0.2, -0.15) is 0 Å². The van der Waals surface area contributed by atoms with Crippen LogP contribution in [0.3, 0.4) is 0 Å². The quantitative estimate of drug-likeness (QED) is 0.599. The summed E-state index contributed by atoms with van der Waals surface area (Å²) in [4.78, 5) is 30.4. The minimum absolute atomic E-state index is 0.141. The molecule has 0 saturated heterocycles. The minimum Gasteiger partial charge on any atom is -0.494 e. The van der Waals surface area contributed by atoms with Crippen LogP contribution in [0.25, 0.3) is 11.0 Å². The molecule has 0 bridgehead atoms. The molecule has 3 aromatic rings. The highest BCUT2D eigenvalue weighted by Gasteiger charge is 2.42. The lowest BCUT2D eigenvalue weighted by Gasteiger charge is -2.26. The summed E-state index contributed by atoms with van der Waals surface area (Å²) in [6.45, 7) is 3.82. The van der Waals surface area contributed by atoms with Gasteiger partial charge in [-0.25, -0.2) is 0 Å². The Morgan fingerprint density at radius 1 is 1.10 bits per heavy atom. The first-order chi connectivity index (χ1) is 14.5. The number of benzene rings is 2. The second-order valence-corrected chi connectivity index (χ2v) is 7.80. The number of carbonyl (C=O) groups is 1. The topological polar surface area (TPSA) is 63.0 Å². The lowest BCUT2D eigenvalue weighted by atomic mass is 9.98. The van der Waals surface area contributed by atoms with Gasteiger partial charge in [-0.15, -0.1) is 0 Å². The number of carbonyl (C=O) groups excluding carboxylic acids is 1. The number of hydrogen-bond acceptors (Lipinski definition) is 5. The van der Waals surface area contributed by atoms with Crippen molar-refractivity contribution in [3.8, 4) is 5.75 Å². The summed E-state index contributed by atoms with van der Waals surface area (Å²) in [5.41, 5.74) is 1.53. The first kappa shape index (κ1) is 20.2. The molecule has 0 spiro atoms. The molecule has 6 heteroatoms. The fourth-order valence-corrected chi connectivity index (χ4v) is 3.85. The predicted octanol–water partition coefficient (Wildman–Crippen LogP) is 3.69. The maximum absolute atomic E-state index is 13.4. The summed E-state index contributed by atoms with van der Waals surface area (Å²) in [5.74, 6) is 0.620. The van der Waals surface area contributed by atoms with E-state index in [2.05, 4.69) is 6.92 Å². The van der Waals surface area contributed by atoms with Crippen molar-refractivity contribution >= 4 is 16.9 Å². The second-order valence-electron chi connectivity index (χ2n) is 7.80. The Labute approximate surface area is 175 Å². The van der Waals surface area contributed by atoms with Crippen LogP contribution in [0.2, 0.25) is 0 Å². The molecule has 4 rings (SSSR count). The zero-order chi connectivity index (χ0) is 21.3. The molecule has 2 aromatic carbocycles. The van der Waals surface area contributed by atoms with Crippen molar-refractivity contribution in [3.63, 3.8) is 0 Å². The van der Waals surface area contributed by atoms with E-state index in [-0.39, 0.29) is 17.1 Å². The number of rotatable bonds is 7. The van der Waals surface area contributed by atoms with E-state index in [1.54, 1.807) is 29.2 Å². The lowest BCUT2D eigenvalue weighted by molar-refractivity contribution is 0.0716. The fraction of sp³-hybridized carbons (Fsp3) is 0.333.